The lowest BCUT2D eigenvalue weighted by atomic mass is 10.1. The van der Waals surface area contributed by atoms with Crippen molar-refractivity contribution in [3.8, 4) is 0 Å². The van der Waals surface area contributed by atoms with Crippen molar-refractivity contribution in [3.63, 3.8) is 0 Å². The highest BCUT2D eigenvalue weighted by Gasteiger charge is 2.29. The number of aromatic nitrogens is 2. The van der Waals surface area contributed by atoms with E-state index in [-0.39, 0.29) is 17.9 Å². The highest BCUT2D eigenvalue weighted by Crippen LogP contribution is 2.34. The summed E-state index contributed by atoms with van der Waals surface area (Å²) < 4.78 is 12.8. The van der Waals surface area contributed by atoms with Crippen LogP contribution in [0.25, 0.3) is 11.0 Å². The summed E-state index contributed by atoms with van der Waals surface area (Å²) in [5.74, 6) is -0.866. The Balaban J connectivity index is 1.78. The van der Waals surface area contributed by atoms with E-state index in [1.165, 1.54) is 18.2 Å². The van der Waals surface area contributed by atoms with Crippen molar-refractivity contribution in [2.45, 2.75) is 59.2 Å². The summed E-state index contributed by atoms with van der Waals surface area (Å²) in [7, 11) is 1.35. The van der Waals surface area contributed by atoms with Crippen LogP contribution in [0.4, 0.5) is 11.4 Å². The van der Waals surface area contributed by atoms with Crippen LogP contribution in [0.3, 0.4) is 0 Å². The quantitative estimate of drug-likeness (QED) is 0.425. The van der Waals surface area contributed by atoms with E-state index in [0.717, 1.165) is 18.5 Å². The number of esters is 1. The van der Waals surface area contributed by atoms with Gasteiger partial charge in [0.15, 0.2) is 5.69 Å². The van der Waals surface area contributed by atoms with Gasteiger partial charge in [-0.25, -0.2) is 9.78 Å². The van der Waals surface area contributed by atoms with E-state index >= 15 is 0 Å². The van der Waals surface area contributed by atoms with Crippen LogP contribution in [0.5, 0.6) is 0 Å². The average molecular weight is 479 g/mol. The number of benzene rings is 1. The predicted molar refractivity (Wildman–Crippen MR) is 137 cm³/mol. The van der Waals surface area contributed by atoms with Crippen LogP contribution in [0.2, 0.25) is 0 Å². The zero-order valence-electron chi connectivity index (χ0n) is 20.9. The summed E-state index contributed by atoms with van der Waals surface area (Å²) >= 11 is 0. The van der Waals surface area contributed by atoms with E-state index in [4.69, 9.17) is 14.5 Å². The molecule has 1 fully saturated rings. The molecule has 0 spiro atoms. The Morgan fingerprint density at radius 3 is 2.80 bits per heavy atom. The topological polar surface area (TPSA) is 94.5 Å². The van der Waals surface area contributed by atoms with Crippen LogP contribution in [0, 0.1) is 12.8 Å². The number of anilines is 2. The Morgan fingerprint density at radius 2 is 2.11 bits per heavy atom. The van der Waals surface area contributed by atoms with Crippen LogP contribution >= 0.6 is 0 Å². The first-order valence-electron chi connectivity index (χ1n) is 12.2. The number of aryl methyl sites for hydroxylation is 1. The van der Waals surface area contributed by atoms with Gasteiger partial charge in [-0.3, -0.25) is 4.79 Å². The summed E-state index contributed by atoms with van der Waals surface area (Å²) in [6.07, 6.45) is 4.32. The van der Waals surface area contributed by atoms with E-state index in [0.29, 0.717) is 48.5 Å². The lowest BCUT2D eigenvalue weighted by molar-refractivity contribution is -0.119. The van der Waals surface area contributed by atoms with Gasteiger partial charge in [-0.05, 0) is 43.4 Å². The first-order valence-corrected chi connectivity index (χ1v) is 12.2. The van der Waals surface area contributed by atoms with Crippen LogP contribution in [-0.2, 0) is 27.4 Å². The second-order valence-corrected chi connectivity index (χ2v) is 9.13. The van der Waals surface area contributed by atoms with E-state index in [1.54, 1.807) is 6.20 Å². The Morgan fingerprint density at radius 1 is 1.31 bits per heavy atom. The minimum absolute atomic E-state index is 0.0206. The van der Waals surface area contributed by atoms with Gasteiger partial charge in [0.25, 0.3) is 0 Å². The van der Waals surface area contributed by atoms with Gasteiger partial charge in [0.2, 0.25) is 5.91 Å². The van der Waals surface area contributed by atoms with Crippen LogP contribution in [-0.4, -0.2) is 41.2 Å². The van der Waals surface area contributed by atoms with Gasteiger partial charge >= 0.3 is 5.97 Å². The van der Waals surface area contributed by atoms with Crippen molar-refractivity contribution >= 4 is 34.3 Å². The molecule has 0 saturated carbocycles. The second kappa shape index (κ2) is 10.9. The third kappa shape index (κ3) is 5.32. The number of rotatable bonds is 9. The van der Waals surface area contributed by atoms with Crippen molar-refractivity contribution in [2.24, 2.45) is 5.92 Å². The average Bonchev–Trinajstić information content (AvgIpc) is 3.49. The van der Waals surface area contributed by atoms with Crippen molar-refractivity contribution in [1.82, 2.24) is 9.55 Å². The smallest absolute Gasteiger partial charge is 0.356 e. The molecule has 1 aliphatic rings. The Hall–Kier alpha value is -3.39. The van der Waals surface area contributed by atoms with E-state index in [1.807, 2.05) is 36.6 Å². The molecule has 0 aliphatic carbocycles. The van der Waals surface area contributed by atoms with Gasteiger partial charge in [-0.1, -0.05) is 38.1 Å². The lowest BCUT2D eigenvalue weighted by Crippen LogP contribution is -2.23. The number of ether oxygens (including phenoxy) is 2. The minimum Gasteiger partial charge on any atom is -0.464 e. The van der Waals surface area contributed by atoms with Crippen LogP contribution in [0.1, 0.15) is 54.7 Å². The maximum atomic E-state index is 13.0. The Labute approximate surface area is 206 Å². The molecule has 3 heterocycles. The summed E-state index contributed by atoms with van der Waals surface area (Å²) in [6.45, 7) is 7.70. The summed E-state index contributed by atoms with van der Waals surface area (Å²) in [5.41, 5.74) is 4.52. The molecule has 1 saturated heterocycles. The summed E-state index contributed by atoms with van der Waals surface area (Å²) in [5, 5.41) is 7.12. The largest absolute Gasteiger partial charge is 0.464 e. The molecule has 3 aromatic rings. The zero-order chi connectivity index (χ0) is 24.9. The van der Waals surface area contributed by atoms with Crippen LogP contribution < -0.4 is 10.6 Å². The molecule has 2 atom stereocenters. The molecule has 0 unspecified atom stereocenters. The number of amides is 1. The molecule has 0 radical (unpaired) electrons. The predicted octanol–water partition coefficient (Wildman–Crippen LogP) is 4.91. The molecule has 35 heavy (non-hydrogen) atoms. The zero-order valence-corrected chi connectivity index (χ0v) is 20.9. The fourth-order valence-corrected chi connectivity index (χ4v) is 4.36. The molecule has 8 heteroatoms. The summed E-state index contributed by atoms with van der Waals surface area (Å²) in [6, 6.07) is 10.1. The fraction of sp³-hybridized carbons (Fsp3) is 0.444. The van der Waals surface area contributed by atoms with Gasteiger partial charge in [-0.15, -0.1) is 0 Å². The number of hydrogen-bond donors (Lipinski definition) is 2. The van der Waals surface area contributed by atoms with E-state index < -0.39 is 5.97 Å². The van der Waals surface area contributed by atoms with Crippen molar-refractivity contribution in [2.75, 3.05) is 24.4 Å². The number of carbonyl (C=O) groups excluding carboxylic acids is 2. The van der Waals surface area contributed by atoms with E-state index in [9.17, 15) is 9.59 Å². The molecule has 8 nitrogen and oxygen atoms in total. The van der Waals surface area contributed by atoms with Gasteiger partial charge in [0, 0.05) is 24.5 Å². The van der Waals surface area contributed by atoms with Gasteiger partial charge < -0.3 is 24.7 Å². The fourth-order valence-electron chi connectivity index (χ4n) is 4.36. The maximum absolute atomic E-state index is 13.0. The molecular weight excluding hydrogens is 444 g/mol. The Kier molecular flexibility index (Phi) is 7.70. The summed E-state index contributed by atoms with van der Waals surface area (Å²) in [4.78, 5) is 30.6. The van der Waals surface area contributed by atoms with Gasteiger partial charge in [0.1, 0.15) is 5.65 Å². The Bertz CT molecular complexity index is 1210. The highest BCUT2D eigenvalue weighted by atomic mass is 16.5. The molecule has 186 valence electrons. The number of methoxy groups -OCH3 is 1. The third-order valence-electron chi connectivity index (χ3n) is 6.74. The molecule has 4 rings (SSSR count). The molecule has 1 amide bonds. The number of nitrogens with one attached hydrogen (secondary N) is 2. The SMILES string of the molecule is CC[C@@H](C)C(=O)Nc1c(C(=O)OC)n(C[C@@H]2CCCO2)c2ncc(NCc3ccccc3C)cc12. The minimum atomic E-state index is -0.519. The molecule has 1 aromatic carbocycles. The molecule has 2 aromatic heterocycles. The maximum Gasteiger partial charge on any atom is 0.356 e. The number of hydrogen-bond acceptors (Lipinski definition) is 6. The van der Waals surface area contributed by atoms with Crippen molar-refractivity contribution in [1.29, 1.82) is 0 Å². The highest BCUT2D eigenvalue weighted by molar-refractivity contribution is 6.11. The van der Waals surface area contributed by atoms with Crippen molar-refractivity contribution < 1.29 is 19.1 Å². The van der Waals surface area contributed by atoms with Gasteiger partial charge in [0.05, 0.1) is 37.3 Å². The first kappa shape index (κ1) is 24.7. The van der Waals surface area contributed by atoms with Crippen molar-refractivity contribution in [3.05, 3.63) is 53.3 Å². The normalized spacial score (nSPS) is 16.3. The number of pyridine rings is 1. The number of nitrogens with zero attached hydrogens (tertiary/aromatic N) is 2. The monoisotopic (exact) mass is 478 g/mol. The molecule has 0 bridgehead atoms. The standard InChI is InChI=1S/C27H34N4O4/c1-5-17(2)26(32)30-23-22-13-20(28-14-19-10-7-6-9-18(19)3)15-29-25(22)31(24(23)27(33)34-4)16-21-11-8-12-35-21/h6-7,9-10,13,15,17,21,28H,5,8,11-12,14,16H2,1-4H3,(H,30,32)/t17-,21+/m1/s1. The molecular formula is C27H34N4O4. The number of fused-ring (bicyclic) bond motifs is 1. The third-order valence-corrected chi connectivity index (χ3v) is 6.74. The molecule has 1 aliphatic heterocycles. The van der Waals surface area contributed by atoms with Gasteiger partial charge in [-0.2, -0.15) is 0 Å². The van der Waals surface area contributed by atoms with E-state index in [2.05, 4.69) is 29.7 Å². The number of carbonyl (C=O) groups is 2. The second-order valence-electron chi connectivity index (χ2n) is 9.13. The molecule has 2 N–H and O–H groups in total. The first-order chi connectivity index (χ1) is 16.9. The lowest BCUT2D eigenvalue weighted by Gasteiger charge is -2.15. The van der Waals surface area contributed by atoms with Crippen LogP contribution in [0.15, 0.2) is 36.5 Å².